The number of benzene rings is 1. The summed E-state index contributed by atoms with van der Waals surface area (Å²) in [5.74, 6) is 1.47. The summed E-state index contributed by atoms with van der Waals surface area (Å²) in [4.78, 5) is 26.5. The number of fused-ring (bicyclic) bond motifs is 1. The monoisotopic (exact) mass is 362 g/mol. The van der Waals surface area contributed by atoms with E-state index in [1.807, 2.05) is 31.2 Å². The summed E-state index contributed by atoms with van der Waals surface area (Å²) in [5.41, 5.74) is 3.62. The molecule has 1 aliphatic rings. The molecule has 0 saturated carbocycles. The van der Waals surface area contributed by atoms with Gasteiger partial charge in [-0.2, -0.15) is 0 Å². The molecule has 0 fully saturated rings. The Morgan fingerprint density at radius 1 is 1.26 bits per heavy atom. The van der Waals surface area contributed by atoms with Crippen molar-refractivity contribution in [2.75, 3.05) is 13.2 Å². The van der Waals surface area contributed by atoms with Gasteiger partial charge in [-0.15, -0.1) is 0 Å². The molecule has 6 nitrogen and oxygen atoms in total. The van der Waals surface area contributed by atoms with E-state index < -0.39 is 0 Å². The van der Waals surface area contributed by atoms with Gasteiger partial charge in [-0.05, 0) is 43.2 Å². The summed E-state index contributed by atoms with van der Waals surface area (Å²) in [6, 6.07) is 11.9. The van der Waals surface area contributed by atoms with Crippen molar-refractivity contribution in [1.29, 1.82) is 0 Å². The van der Waals surface area contributed by atoms with Gasteiger partial charge in [0.1, 0.15) is 11.6 Å². The summed E-state index contributed by atoms with van der Waals surface area (Å²) in [6.45, 7) is 4.94. The van der Waals surface area contributed by atoms with Crippen molar-refractivity contribution in [2.45, 2.75) is 26.4 Å². The first kappa shape index (κ1) is 17.4. The van der Waals surface area contributed by atoms with Crippen molar-refractivity contribution >= 4 is 0 Å². The Balaban J connectivity index is 1.56. The molecule has 0 unspecified atom stereocenters. The van der Waals surface area contributed by atoms with E-state index in [1.54, 1.807) is 12.4 Å². The first-order valence-electron chi connectivity index (χ1n) is 9.19. The standard InChI is InChI=1S/C21H22N4O2/c1-2-27-17-7-3-5-15(11-17)13-25-10-8-18-19(14-25)23-20(24-21(18)26)16-6-4-9-22-12-16/h3-7,9,11-12H,2,8,10,13-14H2,1H3,(H,23,24,26). The number of hydrogen-bond acceptors (Lipinski definition) is 5. The van der Waals surface area contributed by atoms with E-state index >= 15 is 0 Å². The molecular formula is C21H22N4O2. The van der Waals surface area contributed by atoms with Gasteiger partial charge in [0.05, 0.1) is 12.3 Å². The molecule has 2 aromatic heterocycles. The summed E-state index contributed by atoms with van der Waals surface area (Å²) < 4.78 is 5.59. The van der Waals surface area contributed by atoms with E-state index in [4.69, 9.17) is 9.72 Å². The van der Waals surface area contributed by atoms with E-state index in [-0.39, 0.29) is 5.56 Å². The summed E-state index contributed by atoms with van der Waals surface area (Å²) in [5, 5.41) is 0. The third-order valence-corrected chi connectivity index (χ3v) is 4.70. The fourth-order valence-electron chi connectivity index (χ4n) is 3.43. The highest BCUT2D eigenvalue weighted by Gasteiger charge is 2.21. The van der Waals surface area contributed by atoms with Crippen LogP contribution in [0.15, 0.2) is 53.6 Å². The molecule has 0 atom stereocenters. The molecule has 0 spiro atoms. The smallest absolute Gasteiger partial charge is 0.254 e. The first-order chi connectivity index (χ1) is 13.2. The zero-order chi connectivity index (χ0) is 18.6. The van der Waals surface area contributed by atoms with Crippen LogP contribution in [0.25, 0.3) is 11.4 Å². The number of aromatic nitrogens is 3. The number of aromatic amines is 1. The fraction of sp³-hybridized carbons (Fsp3) is 0.286. The largest absolute Gasteiger partial charge is 0.494 e. The number of pyridine rings is 1. The van der Waals surface area contributed by atoms with E-state index in [2.05, 4.69) is 27.0 Å². The zero-order valence-corrected chi connectivity index (χ0v) is 15.3. The lowest BCUT2D eigenvalue weighted by Crippen LogP contribution is -2.35. The van der Waals surface area contributed by atoms with Crippen molar-refractivity contribution < 1.29 is 4.74 Å². The van der Waals surface area contributed by atoms with E-state index in [9.17, 15) is 4.79 Å². The Kier molecular flexibility index (Phi) is 4.98. The van der Waals surface area contributed by atoms with Gasteiger partial charge in [0.2, 0.25) is 0 Å². The van der Waals surface area contributed by atoms with Crippen LogP contribution in [-0.4, -0.2) is 33.0 Å². The van der Waals surface area contributed by atoms with E-state index in [0.29, 0.717) is 25.4 Å². The lowest BCUT2D eigenvalue weighted by molar-refractivity contribution is 0.240. The Labute approximate surface area is 157 Å². The van der Waals surface area contributed by atoms with Crippen LogP contribution in [0.2, 0.25) is 0 Å². The molecule has 27 heavy (non-hydrogen) atoms. The predicted molar refractivity (Wildman–Crippen MR) is 104 cm³/mol. The van der Waals surface area contributed by atoms with Crippen LogP contribution < -0.4 is 10.3 Å². The average Bonchev–Trinajstić information content (AvgIpc) is 2.69. The van der Waals surface area contributed by atoms with Gasteiger partial charge in [-0.1, -0.05) is 12.1 Å². The Bertz CT molecular complexity index is 985. The summed E-state index contributed by atoms with van der Waals surface area (Å²) in [6.07, 6.45) is 4.12. The minimum atomic E-state index is -0.0446. The molecule has 0 saturated heterocycles. The van der Waals surface area contributed by atoms with Crippen LogP contribution in [0.3, 0.4) is 0 Å². The van der Waals surface area contributed by atoms with Crippen LogP contribution >= 0.6 is 0 Å². The second-order valence-electron chi connectivity index (χ2n) is 6.62. The quantitative estimate of drug-likeness (QED) is 0.756. The second-order valence-corrected chi connectivity index (χ2v) is 6.62. The molecule has 0 amide bonds. The summed E-state index contributed by atoms with van der Waals surface area (Å²) >= 11 is 0. The minimum Gasteiger partial charge on any atom is -0.494 e. The third kappa shape index (κ3) is 3.90. The van der Waals surface area contributed by atoms with E-state index in [0.717, 1.165) is 35.7 Å². The fourth-order valence-corrected chi connectivity index (χ4v) is 3.43. The van der Waals surface area contributed by atoms with Gasteiger partial charge in [-0.25, -0.2) is 4.98 Å². The molecule has 138 valence electrons. The van der Waals surface area contributed by atoms with E-state index in [1.165, 1.54) is 5.56 Å². The maximum Gasteiger partial charge on any atom is 0.254 e. The average molecular weight is 362 g/mol. The van der Waals surface area contributed by atoms with Gasteiger partial charge >= 0.3 is 0 Å². The molecular weight excluding hydrogens is 340 g/mol. The molecule has 0 bridgehead atoms. The normalized spacial score (nSPS) is 14.0. The lowest BCUT2D eigenvalue weighted by Gasteiger charge is -2.27. The molecule has 1 aliphatic heterocycles. The number of nitrogens with one attached hydrogen (secondary N) is 1. The topological polar surface area (TPSA) is 71.1 Å². The highest BCUT2D eigenvalue weighted by Crippen LogP contribution is 2.21. The van der Waals surface area contributed by atoms with Crippen molar-refractivity contribution in [1.82, 2.24) is 19.9 Å². The Morgan fingerprint density at radius 3 is 3.00 bits per heavy atom. The molecule has 0 radical (unpaired) electrons. The van der Waals surface area contributed by atoms with Crippen LogP contribution in [0.1, 0.15) is 23.7 Å². The summed E-state index contributed by atoms with van der Waals surface area (Å²) in [7, 11) is 0. The van der Waals surface area contributed by atoms with Gasteiger partial charge < -0.3 is 9.72 Å². The molecule has 3 aromatic rings. The van der Waals surface area contributed by atoms with Crippen LogP contribution in [0, 0.1) is 0 Å². The Hall–Kier alpha value is -2.99. The number of nitrogens with zero attached hydrogens (tertiary/aromatic N) is 3. The van der Waals surface area contributed by atoms with Crippen LogP contribution in [0.4, 0.5) is 0 Å². The van der Waals surface area contributed by atoms with Gasteiger partial charge in [0.25, 0.3) is 5.56 Å². The predicted octanol–water partition coefficient (Wildman–Crippen LogP) is 2.79. The molecule has 6 heteroatoms. The van der Waals surface area contributed by atoms with Crippen molar-refractivity contribution in [3.05, 3.63) is 76.0 Å². The van der Waals surface area contributed by atoms with Crippen molar-refractivity contribution in [3.63, 3.8) is 0 Å². The van der Waals surface area contributed by atoms with Crippen LogP contribution in [-0.2, 0) is 19.5 Å². The Morgan fingerprint density at radius 2 is 2.19 bits per heavy atom. The highest BCUT2D eigenvalue weighted by molar-refractivity contribution is 5.53. The maximum absolute atomic E-state index is 12.5. The molecule has 1 N–H and O–H groups in total. The van der Waals surface area contributed by atoms with Crippen molar-refractivity contribution in [2.24, 2.45) is 0 Å². The first-order valence-corrected chi connectivity index (χ1v) is 9.19. The SMILES string of the molecule is CCOc1cccc(CN2CCc3c(nc(-c4cccnc4)[nH]c3=O)C2)c1. The number of ether oxygens (including phenoxy) is 1. The van der Waals surface area contributed by atoms with Crippen LogP contribution in [0.5, 0.6) is 5.75 Å². The molecule has 0 aliphatic carbocycles. The number of H-pyrrole nitrogens is 1. The molecule has 4 rings (SSSR count). The van der Waals surface area contributed by atoms with Gasteiger partial charge in [-0.3, -0.25) is 14.7 Å². The minimum absolute atomic E-state index is 0.0446. The highest BCUT2D eigenvalue weighted by atomic mass is 16.5. The number of hydrogen-bond donors (Lipinski definition) is 1. The van der Waals surface area contributed by atoms with Gasteiger partial charge in [0.15, 0.2) is 0 Å². The zero-order valence-electron chi connectivity index (χ0n) is 15.3. The molecule has 3 heterocycles. The second kappa shape index (κ2) is 7.72. The maximum atomic E-state index is 12.5. The molecule has 1 aromatic carbocycles. The van der Waals surface area contributed by atoms with Gasteiger partial charge in [0, 0.05) is 43.2 Å². The third-order valence-electron chi connectivity index (χ3n) is 4.70. The lowest BCUT2D eigenvalue weighted by atomic mass is 10.0. The van der Waals surface area contributed by atoms with Crippen molar-refractivity contribution in [3.8, 4) is 17.1 Å². The number of rotatable bonds is 5.